The summed E-state index contributed by atoms with van der Waals surface area (Å²) < 4.78 is 0. The number of nitrogens with zero attached hydrogens (tertiary/aromatic N) is 1. The molecule has 1 amide bonds. The van der Waals surface area contributed by atoms with Crippen molar-refractivity contribution in [3.63, 3.8) is 0 Å². The molecular formula is C13H18N2O3. The summed E-state index contributed by atoms with van der Waals surface area (Å²) >= 11 is 0. The Morgan fingerprint density at radius 1 is 1.39 bits per heavy atom. The van der Waals surface area contributed by atoms with Gasteiger partial charge in [0.05, 0.1) is 12.6 Å². The maximum atomic E-state index is 11.3. The molecule has 0 aliphatic heterocycles. The van der Waals surface area contributed by atoms with Crippen molar-refractivity contribution < 1.29 is 15.0 Å². The van der Waals surface area contributed by atoms with Gasteiger partial charge in [-0.15, -0.1) is 0 Å². The molecule has 1 aromatic carbocycles. The fraction of sp³-hybridized carbons (Fsp3) is 0.462. The van der Waals surface area contributed by atoms with Crippen molar-refractivity contribution >= 4 is 6.09 Å². The molecule has 98 valence electrons. The van der Waals surface area contributed by atoms with Crippen molar-refractivity contribution in [3.05, 3.63) is 35.4 Å². The Bertz CT molecular complexity index is 411. The quantitative estimate of drug-likeness (QED) is 0.724. The van der Waals surface area contributed by atoms with Crippen LogP contribution in [0.2, 0.25) is 0 Å². The van der Waals surface area contributed by atoms with E-state index in [1.165, 1.54) is 16.0 Å². The lowest BCUT2D eigenvalue weighted by molar-refractivity contribution is 0.0817. The topological polar surface area (TPSA) is 86.8 Å². The third-order valence-corrected chi connectivity index (χ3v) is 3.40. The first-order chi connectivity index (χ1) is 8.61. The normalized spacial score (nSPS) is 16.3. The summed E-state index contributed by atoms with van der Waals surface area (Å²) in [7, 11) is 0. The number of nitrogens with two attached hydrogens (primary N) is 1. The standard InChI is InChI=1S/C13H18N2O3/c14-7-12(16)8-15(13(17)18)11-5-9-3-1-2-4-10(9)6-11/h1-4,11-12,16H,5-8,14H2,(H,17,18). The van der Waals surface area contributed by atoms with Crippen molar-refractivity contribution in [1.29, 1.82) is 0 Å². The number of hydrogen-bond donors (Lipinski definition) is 3. The number of aliphatic hydroxyl groups excluding tert-OH is 1. The van der Waals surface area contributed by atoms with Crippen LogP contribution in [0.3, 0.4) is 0 Å². The highest BCUT2D eigenvalue weighted by atomic mass is 16.4. The molecule has 4 N–H and O–H groups in total. The van der Waals surface area contributed by atoms with Crippen molar-refractivity contribution in [2.75, 3.05) is 13.1 Å². The van der Waals surface area contributed by atoms with E-state index in [1.54, 1.807) is 0 Å². The predicted molar refractivity (Wildman–Crippen MR) is 67.4 cm³/mol. The Labute approximate surface area is 106 Å². The summed E-state index contributed by atoms with van der Waals surface area (Å²) in [4.78, 5) is 12.6. The summed E-state index contributed by atoms with van der Waals surface area (Å²) in [6, 6.07) is 7.87. The second kappa shape index (κ2) is 5.37. The third kappa shape index (κ3) is 2.63. The van der Waals surface area contributed by atoms with E-state index >= 15 is 0 Å². The molecule has 0 spiro atoms. The molecule has 0 bridgehead atoms. The minimum Gasteiger partial charge on any atom is -0.465 e. The molecule has 18 heavy (non-hydrogen) atoms. The highest BCUT2D eigenvalue weighted by molar-refractivity contribution is 5.66. The van der Waals surface area contributed by atoms with Gasteiger partial charge in [0.2, 0.25) is 0 Å². The smallest absolute Gasteiger partial charge is 0.407 e. The van der Waals surface area contributed by atoms with Crippen LogP contribution in [-0.4, -0.2) is 46.4 Å². The van der Waals surface area contributed by atoms with Crippen LogP contribution in [-0.2, 0) is 12.8 Å². The van der Waals surface area contributed by atoms with Crippen LogP contribution in [0.5, 0.6) is 0 Å². The number of carboxylic acid groups (broad SMARTS) is 1. The van der Waals surface area contributed by atoms with E-state index in [2.05, 4.69) is 0 Å². The number of hydrogen-bond acceptors (Lipinski definition) is 3. The first kappa shape index (κ1) is 12.9. The Morgan fingerprint density at radius 3 is 2.39 bits per heavy atom. The van der Waals surface area contributed by atoms with Crippen LogP contribution in [0, 0.1) is 0 Å². The summed E-state index contributed by atoms with van der Waals surface area (Å²) in [5.74, 6) is 0. The lowest BCUT2D eigenvalue weighted by atomic mass is 10.1. The molecule has 0 radical (unpaired) electrons. The molecule has 5 heteroatoms. The van der Waals surface area contributed by atoms with Gasteiger partial charge in [0.15, 0.2) is 0 Å². The molecule has 0 saturated carbocycles. The fourth-order valence-corrected chi connectivity index (χ4v) is 2.44. The van der Waals surface area contributed by atoms with Crippen LogP contribution < -0.4 is 5.73 Å². The molecule has 1 aliphatic rings. The van der Waals surface area contributed by atoms with Gasteiger partial charge in [-0.05, 0) is 24.0 Å². The lowest BCUT2D eigenvalue weighted by Gasteiger charge is -2.27. The summed E-state index contributed by atoms with van der Waals surface area (Å²) in [6.07, 6.45) is -0.385. The van der Waals surface area contributed by atoms with E-state index in [1.807, 2.05) is 24.3 Å². The first-order valence-corrected chi connectivity index (χ1v) is 6.06. The van der Waals surface area contributed by atoms with Gasteiger partial charge in [0, 0.05) is 12.6 Å². The zero-order chi connectivity index (χ0) is 13.1. The summed E-state index contributed by atoms with van der Waals surface area (Å²) in [5, 5.41) is 18.8. The van der Waals surface area contributed by atoms with Gasteiger partial charge in [-0.1, -0.05) is 24.3 Å². The zero-order valence-electron chi connectivity index (χ0n) is 10.1. The molecule has 1 atom stereocenters. The van der Waals surface area contributed by atoms with Gasteiger partial charge < -0.3 is 20.8 Å². The molecule has 0 fully saturated rings. The first-order valence-electron chi connectivity index (χ1n) is 6.06. The molecule has 2 rings (SSSR count). The zero-order valence-corrected chi connectivity index (χ0v) is 10.1. The van der Waals surface area contributed by atoms with E-state index in [9.17, 15) is 15.0 Å². The van der Waals surface area contributed by atoms with Crippen LogP contribution in [0.25, 0.3) is 0 Å². The Kier molecular flexibility index (Phi) is 3.84. The maximum Gasteiger partial charge on any atom is 0.407 e. The minimum atomic E-state index is -1.000. The van der Waals surface area contributed by atoms with Gasteiger partial charge in [-0.3, -0.25) is 0 Å². The molecule has 0 saturated heterocycles. The third-order valence-electron chi connectivity index (χ3n) is 3.40. The SMILES string of the molecule is NCC(O)CN(C(=O)O)C1Cc2ccccc2C1. The van der Waals surface area contributed by atoms with Crippen molar-refractivity contribution in [2.24, 2.45) is 5.73 Å². The monoisotopic (exact) mass is 250 g/mol. The van der Waals surface area contributed by atoms with Gasteiger partial charge in [-0.25, -0.2) is 4.79 Å². The van der Waals surface area contributed by atoms with Crippen LogP contribution in [0.1, 0.15) is 11.1 Å². The van der Waals surface area contributed by atoms with E-state index in [4.69, 9.17) is 5.73 Å². The number of rotatable bonds is 4. The highest BCUT2D eigenvalue weighted by Crippen LogP contribution is 2.25. The molecule has 5 nitrogen and oxygen atoms in total. The Balaban J connectivity index is 2.09. The largest absolute Gasteiger partial charge is 0.465 e. The van der Waals surface area contributed by atoms with E-state index in [-0.39, 0.29) is 19.1 Å². The van der Waals surface area contributed by atoms with Crippen LogP contribution in [0.4, 0.5) is 4.79 Å². The number of fused-ring (bicyclic) bond motifs is 1. The van der Waals surface area contributed by atoms with E-state index < -0.39 is 12.2 Å². The highest BCUT2D eigenvalue weighted by Gasteiger charge is 2.30. The van der Waals surface area contributed by atoms with Crippen LogP contribution in [0.15, 0.2) is 24.3 Å². The molecule has 0 aromatic heterocycles. The molecule has 1 aliphatic carbocycles. The Hall–Kier alpha value is -1.59. The predicted octanol–water partition coefficient (Wildman–Crippen LogP) is 0.453. The summed E-state index contributed by atoms with van der Waals surface area (Å²) in [6.45, 7) is 0.147. The molecule has 1 aromatic rings. The van der Waals surface area contributed by atoms with Crippen molar-refractivity contribution in [1.82, 2.24) is 4.90 Å². The van der Waals surface area contributed by atoms with E-state index in [0.717, 1.165) is 0 Å². The van der Waals surface area contributed by atoms with Crippen molar-refractivity contribution in [2.45, 2.75) is 25.0 Å². The summed E-state index contributed by atoms with van der Waals surface area (Å²) in [5.41, 5.74) is 7.72. The number of benzene rings is 1. The van der Waals surface area contributed by atoms with Crippen LogP contribution >= 0.6 is 0 Å². The Morgan fingerprint density at radius 2 is 1.94 bits per heavy atom. The second-order valence-electron chi connectivity index (χ2n) is 4.66. The molecule has 1 unspecified atom stereocenters. The number of carbonyl (C=O) groups is 1. The van der Waals surface area contributed by atoms with Gasteiger partial charge in [0.25, 0.3) is 0 Å². The minimum absolute atomic E-state index is 0.0729. The number of aliphatic hydroxyl groups is 1. The van der Waals surface area contributed by atoms with Crippen molar-refractivity contribution in [3.8, 4) is 0 Å². The van der Waals surface area contributed by atoms with Gasteiger partial charge >= 0.3 is 6.09 Å². The second-order valence-corrected chi connectivity index (χ2v) is 4.66. The lowest BCUT2D eigenvalue weighted by Crippen LogP contribution is -2.46. The average molecular weight is 250 g/mol. The van der Waals surface area contributed by atoms with Gasteiger partial charge in [0.1, 0.15) is 0 Å². The van der Waals surface area contributed by atoms with Gasteiger partial charge in [-0.2, -0.15) is 0 Å². The number of amides is 1. The average Bonchev–Trinajstić information content (AvgIpc) is 2.78. The molecular weight excluding hydrogens is 232 g/mol. The van der Waals surface area contributed by atoms with E-state index in [0.29, 0.717) is 12.8 Å². The fourth-order valence-electron chi connectivity index (χ4n) is 2.44. The molecule has 0 heterocycles. The maximum absolute atomic E-state index is 11.3.